The molecule has 0 nitrogen and oxygen atoms in total. The zero-order valence-electron chi connectivity index (χ0n) is 11.1. The van der Waals surface area contributed by atoms with Gasteiger partial charge in [0.1, 0.15) is 0 Å². The third kappa shape index (κ3) is 6.90. The zero-order chi connectivity index (χ0) is 12.4. The summed E-state index contributed by atoms with van der Waals surface area (Å²) in [5.41, 5.74) is 1.13. The summed E-state index contributed by atoms with van der Waals surface area (Å²) in [6, 6.07) is 7.77. The van der Waals surface area contributed by atoms with Crippen LogP contribution in [0.15, 0.2) is 24.3 Å². The summed E-state index contributed by atoms with van der Waals surface area (Å²) in [5.74, 6) is 1.05. The Morgan fingerprint density at radius 2 is 1.56 bits per heavy atom. The van der Waals surface area contributed by atoms with E-state index in [1.54, 1.807) is 0 Å². The molecule has 0 unspecified atom stereocenters. The lowest BCUT2D eigenvalue weighted by Gasteiger charge is -1.91. The van der Waals surface area contributed by atoms with E-state index in [0.29, 0.717) is 0 Å². The van der Waals surface area contributed by atoms with Crippen LogP contribution >= 0.6 is 11.6 Å². The molecule has 0 N–H and O–H groups in total. The molecule has 2 rings (SSSR count). The minimum Gasteiger partial charge on any atom is -0.0841 e. The highest BCUT2D eigenvalue weighted by Gasteiger charge is 2.07. The standard InChI is InChI=1S/C7H7Cl.C6H12.C2H6/c1-6-4-2-3-5-7(6)8;1-6-4-2-3-5-6;1-2/h2-5H,1H3;6H,2-5H2,1H3;1-2H3. The first-order chi connectivity index (χ1) is 7.70. The Bertz CT molecular complexity index is 241. The van der Waals surface area contributed by atoms with Gasteiger partial charge in [-0.25, -0.2) is 0 Å². The van der Waals surface area contributed by atoms with Gasteiger partial charge in [0.2, 0.25) is 0 Å². The summed E-state index contributed by atoms with van der Waals surface area (Å²) in [4.78, 5) is 0. The Kier molecular flexibility index (Phi) is 9.42. The van der Waals surface area contributed by atoms with Crippen molar-refractivity contribution in [3.05, 3.63) is 34.9 Å². The molecule has 1 aromatic rings. The molecule has 0 bridgehead atoms. The molecular formula is C15H25Cl. The highest BCUT2D eigenvalue weighted by molar-refractivity contribution is 6.31. The predicted octanol–water partition coefficient (Wildman–Crippen LogP) is 5.87. The van der Waals surface area contributed by atoms with Crippen molar-refractivity contribution in [3.63, 3.8) is 0 Å². The summed E-state index contributed by atoms with van der Waals surface area (Å²) in [7, 11) is 0. The minimum atomic E-state index is 0.840. The molecule has 0 aliphatic heterocycles. The zero-order valence-corrected chi connectivity index (χ0v) is 11.8. The molecule has 0 amide bonds. The van der Waals surface area contributed by atoms with Gasteiger partial charge in [0.05, 0.1) is 0 Å². The quantitative estimate of drug-likeness (QED) is 0.532. The fourth-order valence-electron chi connectivity index (χ4n) is 1.68. The van der Waals surface area contributed by atoms with E-state index in [1.807, 2.05) is 45.0 Å². The normalized spacial score (nSPS) is 14.6. The van der Waals surface area contributed by atoms with Crippen molar-refractivity contribution in [2.75, 3.05) is 0 Å². The average molecular weight is 241 g/mol. The van der Waals surface area contributed by atoms with Gasteiger partial charge in [-0.3, -0.25) is 0 Å². The molecule has 0 spiro atoms. The second-order valence-electron chi connectivity index (χ2n) is 4.14. The van der Waals surface area contributed by atoms with Gasteiger partial charge < -0.3 is 0 Å². The topological polar surface area (TPSA) is 0 Å². The summed E-state index contributed by atoms with van der Waals surface area (Å²) in [6.45, 7) is 8.33. The van der Waals surface area contributed by atoms with Gasteiger partial charge in [0, 0.05) is 5.02 Å². The SMILES string of the molecule is CC.CC1CCCC1.Cc1ccccc1Cl. The summed E-state index contributed by atoms with van der Waals surface area (Å²) >= 11 is 5.71. The Hall–Kier alpha value is -0.490. The van der Waals surface area contributed by atoms with Crippen molar-refractivity contribution in [3.8, 4) is 0 Å². The van der Waals surface area contributed by atoms with Crippen molar-refractivity contribution in [2.24, 2.45) is 5.92 Å². The molecule has 1 fully saturated rings. The molecule has 1 heteroatoms. The lowest BCUT2D eigenvalue weighted by Crippen LogP contribution is -1.78. The van der Waals surface area contributed by atoms with Gasteiger partial charge in [-0.05, 0) is 24.5 Å². The van der Waals surface area contributed by atoms with Crippen molar-refractivity contribution in [2.45, 2.75) is 53.4 Å². The van der Waals surface area contributed by atoms with E-state index in [0.717, 1.165) is 16.5 Å². The molecule has 0 aromatic heterocycles. The van der Waals surface area contributed by atoms with E-state index < -0.39 is 0 Å². The number of hydrogen-bond acceptors (Lipinski definition) is 0. The van der Waals surface area contributed by atoms with Crippen LogP contribution in [0.3, 0.4) is 0 Å². The molecular weight excluding hydrogens is 216 g/mol. The fourth-order valence-corrected chi connectivity index (χ4v) is 1.82. The number of rotatable bonds is 0. The van der Waals surface area contributed by atoms with Crippen LogP contribution in [0, 0.1) is 12.8 Å². The molecule has 0 saturated heterocycles. The maximum atomic E-state index is 5.71. The van der Waals surface area contributed by atoms with Crippen molar-refractivity contribution in [1.29, 1.82) is 0 Å². The van der Waals surface area contributed by atoms with Gasteiger partial charge >= 0.3 is 0 Å². The molecule has 0 heterocycles. The van der Waals surface area contributed by atoms with Crippen LogP contribution in [-0.2, 0) is 0 Å². The maximum absolute atomic E-state index is 5.71. The minimum absolute atomic E-state index is 0.840. The van der Waals surface area contributed by atoms with Gasteiger partial charge in [0.15, 0.2) is 0 Å². The van der Waals surface area contributed by atoms with E-state index in [1.165, 1.54) is 25.7 Å². The first-order valence-corrected chi connectivity index (χ1v) is 6.79. The lowest BCUT2D eigenvalue weighted by atomic mass is 10.2. The molecule has 0 radical (unpaired) electrons. The Morgan fingerprint density at radius 1 is 1.06 bits per heavy atom. The third-order valence-corrected chi connectivity index (χ3v) is 3.14. The molecule has 1 saturated carbocycles. The third-order valence-electron chi connectivity index (χ3n) is 2.72. The second-order valence-corrected chi connectivity index (χ2v) is 4.55. The number of benzene rings is 1. The van der Waals surface area contributed by atoms with Crippen molar-refractivity contribution in [1.82, 2.24) is 0 Å². The summed E-state index contributed by atoms with van der Waals surface area (Å²) in [6.07, 6.45) is 5.95. The van der Waals surface area contributed by atoms with Gasteiger partial charge in [0.25, 0.3) is 0 Å². The fraction of sp³-hybridized carbons (Fsp3) is 0.600. The van der Waals surface area contributed by atoms with Crippen LogP contribution in [-0.4, -0.2) is 0 Å². The first kappa shape index (κ1) is 15.5. The second kappa shape index (κ2) is 9.72. The van der Waals surface area contributed by atoms with E-state index in [4.69, 9.17) is 11.6 Å². The van der Waals surface area contributed by atoms with Gasteiger partial charge in [-0.15, -0.1) is 0 Å². The highest BCUT2D eigenvalue weighted by atomic mass is 35.5. The molecule has 16 heavy (non-hydrogen) atoms. The van der Waals surface area contributed by atoms with Crippen molar-refractivity contribution >= 4 is 11.6 Å². The molecule has 1 aliphatic rings. The smallest absolute Gasteiger partial charge is 0.0435 e. The predicted molar refractivity (Wildman–Crippen MR) is 75.2 cm³/mol. The largest absolute Gasteiger partial charge is 0.0841 e. The Balaban J connectivity index is 0.000000251. The van der Waals surface area contributed by atoms with Gasteiger partial charge in [-0.1, -0.05) is 76.3 Å². The van der Waals surface area contributed by atoms with Crippen LogP contribution in [0.25, 0.3) is 0 Å². The first-order valence-electron chi connectivity index (χ1n) is 6.41. The van der Waals surface area contributed by atoms with E-state index in [9.17, 15) is 0 Å². The lowest BCUT2D eigenvalue weighted by molar-refractivity contribution is 0.612. The van der Waals surface area contributed by atoms with Crippen LogP contribution in [0.1, 0.15) is 52.0 Å². The van der Waals surface area contributed by atoms with E-state index in [-0.39, 0.29) is 0 Å². The van der Waals surface area contributed by atoms with Gasteiger partial charge in [-0.2, -0.15) is 0 Å². The van der Waals surface area contributed by atoms with Crippen LogP contribution < -0.4 is 0 Å². The van der Waals surface area contributed by atoms with E-state index in [2.05, 4.69) is 6.92 Å². The molecule has 92 valence electrons. The number of aryl methyl sites for hydroxylation is 1. The number of hydrogen-bond donors (Lipinski definition) is 0. The average Bonchev–Trinajstić information content (AvgIpc) is 2.78. The molecule has 1 aliphatic carbocycles. The number of halogens is 1. The summed E-state index contributed by atoms with van der Waals surface area (Å²) < 4.78 is 0. The van der Waals surface area contributed by atoms with Crippen LogP contribution in [0.5, 0.6) is 0 Å². The highest BCUT2D eigenvalue weighted by Crippen LogP contribution is 2.22. The maximum Gasteiger partial charge on any atom is 0.0435 e. The molecule has 0 atom stereocenters. The summed E-state index contributed by atoms with van der Waals surface area (Å²) in [5, 5.41) is 0.840. The molecule has 1 aromatic carbocycles. The van der Waals surface area contributed by atoms with Crippen molar-refractivity contribution < 1.29 is 0 Å². The van der Waals surface area contributed by atoms with E-state index >= 15 is 0 Å². The Morgan fingerprint density at radius 3 is 1.81 bits per heavy atom. The van der Waals surface area contributed by atoms with Crippen LogP contribution in [0.4, 0.5) is 0 Å². The van der Waals surface area contributed by atoms with Crippen LogP contribution in [0.2, 0.25) is 5.02 Å². The Labute approximate surface area is 106 Å². The monoisotopic (exact) mass is 240 g/mol.